The van der Waals surface area contributed by atoms with Crippen molar-refractivity contribution in [3.63, 3.8) is 0 Å². The van der Waals surface area contributed by atoms with Crippen LogP contribution in [0.3, 0.4) is 0 Å². The molecule has 1 aromatic heterocycles. The maximum atomic E-state index is 8.68. The second-order valence-electron chi connectivity index (χ2n) is 2.54. The van der Waals surface area contributed by atoms with Crippen molar-refractivity contribution in [2.75, 3.05) is 5.43 Å². The first-order valence-electron chi connectivity index (χ1n) is 3.54. The molecule has 0 radical (unpaired) electrons. The van der Waals surface area contributed by atoms with Crippen molar-refractivity contribution in [3.8, 4) is 6.07 Å². The Morgan fingerprint density at radius 2 is 2.25 bits per heavy atom. The summed E-state index contributed by atoms with van der Waals surface area (Å²) in [5, 5.41) is 8.68. The summed E-state index contributed by atoms with van der Waals surface area (Å²) >= 11 is 0. The minimum atomic E-state index is 0.431. The molecule has 0 atom stereocenters. The highest BCUT2D eigenvalue weighted by Crippen LogP contribution is 2.14. The fourth-order valence-corrected chi connectivity index (χ4v) is 0.901. The number of nitrogens with zero attached hydrogens (tertiary/aromatic N) is 2. The summed E-state index contributed by atoms with van der Waals surface area (Å²) in [6, 6.07) is 3.77. The number of aromatic nitrogens is 1. The van der Waals surface area contributed by atoms with Crippen LogP contribution in [-0.2, 0) is 0 Å². The molecule has 0 spiro atoms. The van der Waals surface area contributed by atoms with E-state index in [2.05, 4.69) is 10.4 Å². The largest absolute Gasteiger partial charge is 0.307 e. The second-order valence-corrected chi connectivity index (χ2v) is 2.54. The van der Waals surface area contributed by atoms with Crippen molar-refractivity contribution >= 4 is 5.82 Å². The Labute approximate surface area is 71.0 Å². The van der Waals surface area contributed by atoms with Crippen molar-refractivity contribution in [1.29, 1.82) is 5.26 Å². The van der Waals surface area contributed by atoms with E-state index in [1.165, 1.54) is 0 Å². The molecule has 0 bridgehead atoms. The maximum Gasteiger partial charge on any atom is 0.158 e. The zero-order valence-electron chi connectivity index (χ0n) is 7.05. The lowest BCUT2D eigenvalue weighted by atomic mass is 10.1. The first-order chi connectivity index (χ1) is 5.69. The quantitative estimate of drug-likeness (QED) is 0.474. The third-order valence-electron chi connectivity index (χ3n) is 1.72. The van der Waals surface area contributed by atoms with Crippen LogP contribution in [0.4, 0.5) is 5.82 Å². The highest BCUT2D eigenvalue weighted by molar-refractivity contribution is 5.53. The highest BCUT2D eigenvalue weighted by Gasteiger charge is 2.04. The van der Waals surface area contributed by atoms with Crippen LogP contribution < -0.4 is 11.3 Å². The number of anilines is 1. The Morgan fingerprint density at radius 3 is 2.75 bits per heavy atom. The molecular formula is C8H10N4. The number of aryl methyl sites for hydroxylation is 2. The van der Waals surface area contributed by atoms with Gasteiger partial charge in [-0.15, -0.1) is 0 Å². The number of nitrogen functional groups attached to an aromatic ring is 1. The first-order valence-corrected chi connectivity index (χ1v) is 3.54. The smallest absolute Gasteiger partial charge is 0.158 e. The van der Waals surface area contributed by atoms with Crippen LogP contribution in [0.2, 0.25) is 0 Å². The van der Waals surface area contributed by atoms with E-state index in [0.29, 0.717) is 11.4 Å². The van der Waals surface area contributed by atoms with Crippen molar-refractivity contribution in [2.45, 2.75) is 13.8 Å². The Hall–Kier alpha value is -1.60. The van der Waals surface area contributed by atoms with Gasteiger partial charge in [-0.25, -0.2) is 10.8 Å². The van der Waals surface area contributed by atoms with E-state index in [4.69, 9.17) is 11.1 Å². The molecule has 1 aromatic rings. The van der Waals surface area contributed by atoms with E-state index in [1.807, 2.05) is 19.9 Å². The predicted molar refractivity (Wildman–Crippen MR) is 46.2 cm³/mol. The van der Waals surface area contributed by atoms with Crippen molar-refractivity contribution in [1.82, 2.24) is 4.98 Å². The summed E-state index contributed by atoms with van der Waals surface area (Å²) in [7, 11) is 0. The Morgan fingerprint density at radius 1 is 1.58 bits per heavy atom. The van der Waals surface area contributed by atoms with Gasteiger partial charge in [-0.05, 0) is 25.5 Å². The first kappa shape index (κ1) is 8.50. The summed E-state index contributed by atoms with van der Waals surface area (Å²) in [6.45, 7) is 3.78. The standard InChI is InChI=1S/C8H10N4/c1-5-3-7(4-9)8(12-10)11-6(5)2/h3H,10H2,1-2H3,(H,11,12). The number of pyridine rings is 1. The van der Waals surface area contributed by atoms with Gasteiger partial charge in [0.15, 0.2) is 5.82 Å². The molecule has 4 heteroatoms. The summed E-state index contributed by atoms with van der Waals surface area (Å²) in [5.41, 5.74) is 4.72. The van der Waals surface area contributed by atoms with Crippen LogP contribution in [0.5, 0.6) is 0 Å². The van der Waals surface area contributed by atoms with Gasteiger partial charge in [0.2, 0.25) is 0 Å². The summed E-state index contributed by atoms with van der Waals surface area (Å²) < 4.78 is 0. The summed E-state index contributed by atoms with van der Waals surface area (Å²) in [4.78, 5) is 4.10. The summed E-state index contributed by atoms with van der Waals surface area (Å²) in [5.74, 6) is 5.61. The average molecular weight is 162 g/mol. The van der Waals surface area contributed by atoms with Gasteiger partial charge in [-0.3, -0.25) is 0 Å². The lowest BCUT2D eigenvalue weighted by Crippen LogP contribution is -2.11. The minimum absolute atomic E-state index is 0.431. The van der Waals surface area contributed by atoms with Gasteiger partial charge in [0.1, 0.15) is 6.07 Å². The zero-order valence-corrected chi connectivity index (χ0v) is 7.05. The molecule has 0 saturated heterocycles. The number of hydrogen-bond donors (Lipinski definition) is 2. The molecular weight excluding hydrogens is 152 g/mol. The van der Waals surface area contributed by atoms with Crippen LogP contribution in [0.25, 0.3) is 0 Å². The van der Waals surface area contributed by atoms with E-state index >= 15 is 0 Å². The summed E-state index contributed by atoms with van der Waals surface area (Å²) in [6.07, 6.45) is 0. The average Bonchev–Trinajstić information content (AvgIpc) is 2.09. The van der Waals surface area contributed by atoms with E-state index in [9.17, 15) is 0 Å². The van der Waals surface area contributed by atoms with Crippen LogP contribution in [0, 0.1) is 25.2 Å². The van der Waals surface area contributed by atoms with E-state index < -0.39 is 0 Å². The SMILES string of the molecule is Cc1cc(C#N)c(NN)nc1C. The Balaban J connectivity index is 3.31. The van der Waals surface area contributed by atoms with Gasteiger partial charge in [-0.1, -0.05) is 0 Å². The third kappa shape index (κ3) is 1.36. The molecule has 12 heavy (non-hydrogen) atoms. The Bertz CT molecular complexity index is 338. The number of rotatable bonds is 1. The van der Waals surface area contributed by atoms with Crippen molar-refractivity contribution in [2.24, 2.45) is 5.84 Å². The molecule has 3 N–H and O–H groups in total. The van der Waals surface area contributed by atoms with Gasteiger partial charge in [0, 0.05) is 5.69 Å². The van der Waals surface area contributed by atoms with Crippen molar-refractivity contribution in [3.05, 3.63) is 22.9 Å². The highest BCUT2D eigenvalue weighted by atomic mass is 15.2. The fourth-order valence-electron chi connectivity index (χ4n) is 0.901. The number of hydrazine groups is 1. The molecule has 1 heterocycles. The second kappa shape index (κ2) is 3.20. The third-order valence-corrected chi connectivity index (χ3v) is 1.72. The molecule has 0 fully saturated rings. The predicted octanol–water partition coefficient (Wildman–Crippen LogP) is 0.856. The molecule has 0 saturated carbocycles. The van der Waals surface area contributed by atoms with Gasteiger partial charge in [-0.2, -0.15) is 5.26 Å². The lowest BCUT2D eigenvalue weighted by Gasteiger charge is -2.04. The monoisotopic (exact) mass is 162 g/mol. The number of hydrogen-bond acceptors (Lipinski definition) is 4. The molecule has 0 unspecified atom stereocenters. The van der Waals surface area contributed by atoms with Crippen molar-refractivity contribution < 1.29 is 0 Å². The number of nitriles is 1. The maximum absolute atomic E-state index is 8.68. The fraction of sp³-hybridized carbons (Fsp3) is 0.250. The molecule has 1 rings (SSSR count). The van der Waals surface area contributed by atoms with E-state index in [1.54, 1.807) is 6.07 Å². The minimum Gasteiger partial charge on any atom is -0.307 e. The zero-order chi connectivity index (χ0) is 9.14. The van der Waals surface area contributed by atoms with Gasteiger partial charge in [0.25, 0.3) is 0 Å². The molecule has 4 nitrogen and oxygen atoms in total. The molecule has 0 aliphatic carbocycles. The van der Waals surface area contributed by atoms with Crippen LogP contribution in [-0.4, -0.2) is 4.98 Å². The van der Waals surface area contributed by atoms with E-state index in [-0.39, 0.29) is 0 Å². The normalized spacial score (nSPS) is 9.17. The Kier molecular flexibility index (Phi) is 2.26. The number of nitrogens with two attached hydrogens (primary N) is 1. The molecule has 0 aliphatic heterocycles. The van der Waals surface area contributed by atoms with Crippen LogP contribution >= 0.6 is 0 Å². The van der Waals surface area contributed by atoms with Crippen LogP contribution in [0.15, 0.2) is 6.07 Å². The lowest BCUT2D eigenvalue weighted by molar-refractivity contribution is 1.11. The molecule has 0 aliphatic rings. The van der Waals surface area contributed by atoms with Crippen LogP contribution in [0.1, 0.15) is 16.8 Å². The molecule has 0 amide bonds. The number of nitrogens with one attached hydrogen (secondary N) is 1. The van der Waals surface area contributed by atoms with E-state index in [0.717, 1.165) is 11.3 Å². The van der Waals surface area contributed by atoms with Gasteiger partial charge >= 0.3 is 0 Å². The topological polar surface area (TPSA) is 74.7 Å². The van der Waals surface area contributed by atoms with Gasteiger partial charge in [0.05, 0.1) is 5.56 Å². The van der Waals surface area contributed by atoms with Gasteiger partial charge < -0.3 is 5.43 Å². The molecule has 62 valence electrons. The molecule has 0 aromatic carbocycles.